The summed E-state index contributed by atoms with van der Waals surface area (Å²) in [5.74, 6) is 3.43. The molecule has 17 heavy (non-hydrogen) atoms. The molecule has 0 aromatic carbocycles. The lowest BCUT2D eigenvalue weighted by Gasteiger charge is -2.10. The summed E-state index contributed by atoms with van der Waals surface area (Å²) in [7, 11) is 0. The van der Waals surface area contributed by atoms with Gasteiger partial charge in [0.05, 0.1) is 5.75 Å². The fourth-order valence-corrected chi connectivity index (χ4v) is 2.00. The van der Waals surface area contributed by atoms with E-state index in [1.54, 1.807) is 11.8 Å². The van der Waals surface area contributed by atoms with Crippen LogP contribution >= 0.6 is 11.8 Å². The summed E-state index contributed by atoms with van der Waals surface area (Å²) in [6.07, 6.45) is 4.21. The molecule has 4 heteroatoms. The second-order valence-corrected chi connectivity index (χ2v) is 5.48. The average Bonchev–Trinajstić information content (AvgIpc) is 2.25. The van der Waals surface area contributed by atoms with Crippen LogP contribution in [0.1, 0.15) is 38.7 Å². The van der Waals surface area contributed by atoms with Gasteiger partial charge in [-0.05, 0) is 25.0 Å². The van der Waals surface area contributed by atoms with Gasteiger partial charge in [-0.25, -0.2) is 9.97 Å². The third-order valence-electron chi connectivity index (χ3n) is 2.27. The van der Waals surface area contributed by atoms with Crippen LogP contribution in [0, 0.1) is 5.92 Å². The van der Waals surface area contributed by atoms with Gasteiger partial charge < -0.3 is 5.32 Å². The maximum Gasteiger partial charge on any atom is 0.140 e. The zero-order chi connectivity index (χ0) is 12.7. The zero-order valence-electron chi connectivity index (χ0n) is 11.3. The minimum Gasteiger partial charge on any atom is -0.370 e. The van der Waals surface area contributed by atoms with Gasteiger partial charge in [0, 0.05) is 18.3 Å². The summed E-state index contributed by atoms with van der Waals surface area (Å²) in [6.45, 7) is 7.56. The molecule has 1 N–H and O–H groups in total. The molecule has 0 aliphatic carbocycles. The Kier molecular flexibility index (Phi) is 6.34. The molecular formula is C13H23N3S. The average molecular weight is 253 g/mol. The van der Waals surface area contributed by atoms with Gasteiger partial charge >= 0.3 is 0 Å². The van der Waals surface area contributed by atoms with E-state index < -0.39 is 0 Å². The van der Waals surface area contributed by atoms with Crippen LogP contribution < -0.4 is 5.32 Å². The number of rotatable bonds is 7. The lowest BCUT2D eigenvalue weighted by Crippen LogP contribution is -2.08. The normalized spacial score (nSPS) is 10.9. The van der Waals surface area contributed by atoms with Crippen LogP contribution in [0.2, 0.25) is 0 Å². The summed E-state index contributed by atoms with van der Waals surface area (Å²) in [5, 5.41) is 3.35. The van der Waals surface area contributed by atoms with E-state index in [1.165, 1.54) is 0 Å². The Morgan fingerprint density at radius 3 is 2.71 bits per heavy atom. The van der Waals surface area contributed by atoms with Crippen LogP contribution in [-0.2, 0) is 12.2 Å². The predicted octanol–water partition coefficient (Wildman–Crippen LogP) is 3.36. The van der Waals surface area contributed by atoms with E-state index in [2.05, 4.69) is 48.4 Å². The molecule has 0 fully saturated rings. The molecule has 0 aliphatic heterocycles. The van der Waals surface area contributed by atoms with E-state index in [0.717, 1.165) is 42.5 Å². The molecule has 96 valence electrons. The van der Waals surface area contributed by atoms with Crippen LogP contribution in [0.15, 0.2) is 6.07 Å². The Morgan fingerprint density at radius 1 is 1.35 bits per heavy atom. The summed E-state index contributed by atoms with van der Waals surface area (Å²) in [6, 6.07) is 2.08. The molecule has 1 aromatic rings. The van der Waals surface area contributed by atoms with E-state index in [-0.39, 0.29) is 0 Å². The molecule has 3 nitrogen and oxygen atoms in total. The van der Waals surface area contributed by atoms with Crippen LogP contribution in [0.4, 0.5) is 5.82 Å². The van der Waals surface area contributed by atoms with E-state index >= 15 is 0 Å². The molecule has 0 spiro atoms. The Balaban J connectivity index is 2.84. The van der Waals surface area contributed by atoms with Gasteiger partial charge in [-0.1, -0.05) is 20.8 Å². The first-order valence-electron chi connectivity index (χ1n) is 6.25. The van der Waals surface area contributed by atoms with Gasteiger partial charge in [-0.15, -0.1) is 0 Å². The fraction of sp³-hybridized carbons (Fsp3) is 0.692. The van der Waals surface area contributed by atoms with Crippen molar-refractivity contribution in [3.8, 4) is 0 Å². The third kappa shape index (κ3) is 5.39. The molecule has 0 unspecified atom stereocenters. The fourth-order valence-electron chi connectivity index (χ4n) is 1.61. The second kappa shape index (κ2) is 7.54. The quantitative estimate of drug-likeness (QED) is 0.808. The smallest absolute Gasteiger partial charge is 0.140 e. The molecule has 1 heterocycles. The maximum absolute atomic E-state index is 4.60. The number of anilines is 1. The molecule has 0 atom stereocenters. The Bertz CT molecular complexity index is 339. The standard InChI is InChI=1S/C13H23N3S/c1-5-6-14-12-8-11(7-10(2)3)15-13(16-12)9-17-4/h8,10H,5-7,9H2,1-4H3,(H,14,15,16). The van der Waals surface area contributed by atoms with Crippen molar-refractivity contribution < 1.29 is 0 Å². The highest BCUT2D eigenvalue weighted by Gasteiger charge is 2.06. The summed E-state index contributed by atoms with van der Waals surface area (Å²) < 4.78 is 0. The van der Waals surface area contributed by atoms with E-state index in [9.17, 15) is 0 Å². The van der Waals surface area contributed by atoms with Crippen LogP contribution in [-0.4, -0.2) is 22.8 Å². The van der Waals surface area contributed by atoms with Crippen molar-refractivity contribution in [3.05, 3.63) is 17.6 Å². The minimum absolute atomic E-state index is 0.631. The van der Waals surface area contributed by atoms with E-state index in [0.29, 0.717) is 5.92 Å². The Hall–Kier alpha value is -0.770. The summed E-state index contributed by atoms with van der Waals surface area (Å²) in [4.78, 5) is 9.12. The summed E-state index contributed by atoms with van der Waals surface area (Å²) >= 11 is 1.76. The lowest BCUT2D eigenvalue weighted by atomic mass is 10.1. The molecule has 0 aliphatic rings. The highest BCUT2D eigenvalue weighted by Crippen LogP contribution is 2.14. The highest BCUT2D eigenvalue weighted by molar-refractivity contribution is 7.97. The van der Waals surface area contributed by atoms with Gasteiger partial charge in [-0.3, -0.25) is 0 Å². The first-order valence-corrected chi connectivity index (χ1v) is 7.64. The maximum atomic E-state index is 4.60. The number of hydrogen-bond acceptors (Lipinski definition) is 4. The zero-order valence-corrected chi connectivity index (χ0v) is 12.1. The Labute approximate surface area is 109 Å². The van der Waals surface area contributed by atoms with Crippen LogP contribution in [0.3, 0.4) is 0 Å². The van der Waals surface area contributed by atoms with E-state index in [4.69, 9.17) is 0 Å². The van der Waals surface area contributed by atoms with Crippen molar-refractivity contribution in [3.63, 3.8) is 0 Å². The largest absolute Gasteiger partial charge is 0.370 e. The third-order valence-corrected chi connectivity index (χ3v) is 2.82. The molecule has 0 saturated carbocycles. The van der Waals surface area contributed by atoms with Crippen molar-refractivity contribution in [2.24, 2.45) is 5.92 Å². The topological polar surface area (TPSA) is 37.8 Å². The SMILES string of the molecule is CCCNc1cc(CC(C)C)nc(CSC)n1. The molecule has 1 aromatic heterocycles. The van der Waals surface area contributed by atoms with Gasteiger partial charge in [0.25, 0.3) is 0 Å². The molecule has 0 radical (unpaired) electrons. The Morgan fingerprint density at radius 2 is 2.12 bits per heavy atom. The lowest BCUT2D eigenvalue weighted by molar-refractivity contribution is 0.632. The number of thioether (sulfide) groups is 1. The molecule has 0 saturated heterocycles. The van der Waals surface area contributed by atoms with Gasteiger partial charge in [0.1, 0.15) is 11.6 Å². The second-order valence-electron chi connectivity index (χ2n) is 4.62. The van der Waals surface area contributed by atoms with E-state index in [1.807, 2.05) is 0 Å². The summed E-state index contributed by atoms with van der Waals surface area (Å²) in [5.41, 5.74) is 1.15. The van der Waals surface area contributed by atoms with Gasteiger partial charge in [0.2, 0.25) is 0 Å². The molecular weight excluding hydrogens is 230 g/mol. The monoisotopic (exact) mass is 253 g/mol. The molecule has 1 rings (SSSR count). The number of nitrogens with one attached hydrogen (secondary N) is 1. The highest BCUT2D eigenvalue weighted by atomic mass is 32.2. The van der Waals surface area contributed by atoms with Crippen LogP contribution in [0.5, 0.6) is 0 Å². The molecule has 0 amide bonds. The number of aromatic nitrogens is 2. The van der Waals surface area contributed by atoms with Crippen molar-refractivity contribution >= 4 is 17.6 Å². The molecule has 0 bridgehead atoms. The first-order chi connectivity index (χ1) is 8.15. The predicted molar refractivity (Wildman–Crippen MR) is 76.6 cm³/mol. The van der Waals surface area contributed by atoms with Gasteiger partial charge in [-0.2, -0.15) is 11.8 Å². The van der Waals surface area contributed by atoms with Crippen molar-refractivity contribution in [1.29, 1.82) is 0 Å². The number of hydrogen-bond donors (Lipinski definition) is 1. The van der Waals surface area contributed by atoms with Gasteiger partial charge in [0.15, 0.2) is 0 Å². The number of nitrogens with zero attached hydrogens (tertiary/aromatic N) is 2. The van der Waals surface area contributed by atoms with Crippen molar-refractivity contribution in [2.45, 2.75) is 39.4 Å². The minimum atomic E-state index is 0.631. The van der Waals surface area contributed by atoms with Crippen LogP contribution in [0.25, 0.3) is 0 Å². The van der Waals surface area contributed by atoms with Crippen molar-refractivity contribution in [2.75, 3.05) is 18.1 Å². The first kappa shape index (κ1) is 14.3. The van der Waals surface area contributed by atoms with Crippen molar-refractivity contribution in [1.82, 2.24) is 9.97 Å².